The molecule has 0 heterocycles. The van der Waals surface area contributed by atoms with Gasteiger partial charge in [-0.2, -0.15) is 0 Å². The summed E-state index contributed by atoms with van der Waals surface area (Å²) in [5.41, 5.74) is 0. The van der Waals surface area contributed by atoms with Crippen LogP contribution in [-0.2, 0) is 0 Å². The van der Waals surface area contributed by atoms with Gasteiger partial charge in [0.25, 0.3) is 0 Å². The van der Waals surface area contributed by atoms with Gasteiger partial charge < -0.3 is 5.32 Å². The Labute approximate surface area is 42.7 Å². The summed E-state index contributed by atoms with van der Waals surface area (Å²) in [7, 11) is 3.75. The molecule has 0 amide bonds. The summed E-state index contributed by atoms with van der Waals surface area (Å²) in [5, 5.41) is 2.75. The van der Waals surface area contributed by atoms with Crippen LogP contribution in [0.3, 0.4) is 0 Å². The van der Waals surface area contributed by atoms with E-state index in [9.17, 15) is 8.78 Å². The molecule has 0 aliphatic rings. The first kappa shape index (κ1) is 9.94. The molecule has 0 saturated carbocycles. The summed E-state index contributed by atoms with van der Waals surface area (Å²) < 4.78 is 20.7. The molecule has 3 heteroatoms. The highest BCUT2D eigenvalue weighted by atomic mass is 19.2. The number of hydrogen-bond acceptors (Lipinski definition) is 1. The zero-order valence-electron chi connectivity index (χ0n) is 4.67. The summed E-state index contributed by atoms with van der Waals surface area (Å²) in [6, 6.07) is 0. The zero-order chi connectivity index (χ0) is 6.12. The smallest absolute Gasteiger partial charge is 0.118 e. The normalized spacial score (nSPS) is 6.86. The molecule has 0 unspecified atom stereocenters. The van der Waals surface area contributed by atoms with E-state index in [1.54, 1.807) is 0 Å². The highest BCUT2D eigenvalue weighted by Gasteiger charge is 1.65. The van der Waals surface area contributed by atoms with Gasteiger partial charge in [0.15, 0.2) is 0 Å². The van der Waals surface area contributed by atoms with Gasteiger partial charge in [0.05, 0.1) is 0 Å². The Kier molecular flexibility index (Phi) is 24.2. The minimum Gasteiger partial charge on any atom is -0.323 e. The molecule has 1 nitrogen and oxygen atoms in total. The van der Waals surface area contributed by atoms with Gasteiger partial charge in [0, 0.05) is 0 Å². The lowest BCUT2D eigenvalue weighted by Crippen LogP contribution is -1.89. The Morgan fingerprint density at radius 2 is 1.29 bits per heavy atom. The molecule has 0 radical (unpaired) electrons. The monoisotopic (exact) mass is 111 g/mol. The van der Waals surface area contributed by atoms with Crippen molar-refractivity contribution in [3.8, 4) is 0 Å². The Morgan fingerprint density at radius 1 is 1.14 bits per heavy atom. The van der Waals surface area contributed by atoms with E-state index < -0.39 is 13.3 Å². The van der Waals surface area contributed by atoms with Crippen LogP contribution < -0.4 is 5.32 Å². The topological polar surface area (TPSA) is 12.0 Å². The third kappa shape index (κ3) is 126. The van der Waals surface area contributed by atoms with Crippen LogP contribution in [0, 0.1) is 0 Å². The van der Waals surface area contributed by atoms with Gasteiger partial charge in [0.2, 0.25) is 0 Å². The first-order valence-electron chi connectivity index (χ1n) is 2.03. The van der Waals surface area contributed by atoms with Crippen molar-refractivity contribution in [3.05, 3.63) is 0 Å². The lowest BCUT2D eigenvalue weighted by atomic mass is 10.9. The zero-order valence-corrected chi connectivity index (χ0v) is 4.67. The molecule has 0 fully saturated rings. The van der Waals surface area contributed by atoms with E-state index in [1.165, 1.54) is 0 Å². The van der Waals surface area contributed by atoms with Gasteiger partial charge in [-0.1, -0.05) is 0 Å². The second-order valence-corrected chi connectivity index (χ2v) is 0.878. The molecule has 0 rings (SSSR count). The average Bonchev–Trinajstić information content (AvgIpc) is 1.69. The van der Waals surface area contributed by atoms with Crippen LogP contribution in [0.2, 0.25) is 0 Å². The molecule has 0 aromatic heterocycles. The second kappa shape index (κ2) is 17.0. The Hall–Kier alpha value is -0.180. The van der Waals surface area contributed by atoms with E-state index in [4.69, 9.17) is 0 Å². The molecular weight excluding hydrogens is 100 g/mol. The number of rotatable bonds is 1. The third-order valence-corrected chi connectivity index (χ3v) is 0.0714. The van der Waals surface area contributed by atoms with Gasteiger partial charge in [-0.25, -0.2) is 8.78 Å². The van der Waals surface area contributed by atoms with Crippen molar-refractivity contribution in [3.63, 3.8) is 0 Å². The average molecular weight is 111 g/mol. The Balaban J connectivity index is 0. The van der Waals surface area contributed by atoms with Crippen LogP contribution in [0.15, 0.2) is 0 Å². The SMILES string of the molecule is CNC.FCCF. The van der Waals surface area contributed by atoms with Gasteiger partial charge >= 0.3 is 0 Å². The lowest BCUT2D eigenvalue weighted by molar-refractivity contribution is 0.380. The summed E-state index contributed by atoms with van der Waals surface area (Å²) >= 11 is 0. The van der Waals surface area contributed by atoms with Crippen molar-refractivity contribution >= 4 is 0 Å². The van der Waals surface area contributed by atoms with E-state index in [0.29, 0.717) is 0 Å². The minimum absolute atomic E-state index is 0.847. The quantitative estimate of drug-likeness (QED) is 0.526. The van der Waals surface area contributed by atoms with Crippen LogP contribution in [0.1, 0.15) is 0 Å². The summed E-state index contributed by atoms with van der Waals surface area (Å²) in [4.78, 5) is 0. The van der Waals surface area contributed by atoms with Crippen molar-refractivity contribution in [1.82, 2.24) is 5.32 Å². The first-order chi connectivity index (χ1) is 3.33. The van der Waals surface area contributed by atoms with Crippen LogP contribution in [0.5, 0.6) is 0 Å². The largest absolute Gasteiger partial charge is 0.323 e. The van der Waals surface area contributed by atoms with Gasteiger partial charge in [-0.3, -0.25) is 0 Å². The molecule has 0 atom stereocenters. The highest BCUT2D eigenvalue weighted by molar-refractivity contribution is 4.09. The van der Waals surface area contributed by atoms with Crippen LogP contribution in [-0.4, -0.2) is 27.4 Å². The van der Waals surface area contributed by atoms with Crippen molar-refractivity contribution < 1.29 is 8.78 Å². The van der Waals surface area contributed by atoms with Gasteiger partial charge in [-0.05, 0) is 14.1 Å². The number of hydrogen-bond donors (Lipinski definition) is 1. The van der Waals surface area contributed by atoms with E-state index in [1.807, 2.05) is 14.1 Å². The Morgan fingerprint density at radius 3 is 1.29 bits per heavy atom. The van der Waals surface area contributed by atoms with E-state index in [2.05, 4.69) is 5.32 Å². The van der Waals surface area contributed by atoms with E-state index in [0.717, 1.165) is 0 Å². The maximum Gasteiger partial charge on any atom is 0.118 e. The van der Waals surface area contributed by atoms with Crippen LogP contribution in [0.4, 0.5) is 8.78 Å². The third-order valence-electron chi connectivity index (χ3n) is 0.0714. The molecule has 0 aromatic rings. The lowest BCUT2D eigenvalue weighted by Gasteiger charge is -1.61. The first-order valence-corrected chi connectivity index (χ1v) is 2.03. The number of alkyl halides is 2. The van der Waals surface area contributed by atoms with E-state index in [-0.39, 0.29) is 0 Å². The molecule has 0 bridgehead atoms. The van der Waals surface area contributed by atoms with E-state index >= 15 is 0 Å². The Bertz CT molecular complexity index is 17.2. The molecule has 0 spiro atoms. The van der Waals surface area contributed by atoms with Crippen molar-refractivity contribution in [2.45, 2.75) is 0 Å². The van der Waals surface area contributed by atoms with Crippen LogP contribution in [0.25, 0.3) is 0 Å². The maximum absolute atomic E-state index is 10.3. The molecule has 1 N–H and O–H groups in total. The predicted octanol–water partition coefficient (Wildman–Crippen LogP) is 0.761. The molecule has 0 aromatic carbocycles. The minimum atomic E-state index is -0.847. The van der Waals surface area contributed by atoms with Crippen molar-refractivity contribution in [1.29, 1.82) is 0 Å². The molecule has 0 aliphatic heterocycles. The maximum atomic E-state index is 10.3. The standard InChI is InChI=1S/C2H4F2.C2H7N/c3-1-2-4;1-3-2/h1-2H2;3H,1-2H3. The second-order valence-electron chi connectivity index (χ2n) is 0.878. The fourth-order valence-corrected chi connectivity index (χ4v) is 0. The fraction of sp³-hybridized carbons (Fsp3) is 1.00. The summed E-state index contributed by atoms with van der Waals surface area (Å²) in [5.74, 6) is 0. The highest BCUT2D eigenvalue weighted by Crippen LogP contribution is 1.63. The summed E-state index contributed by atoms with van der Waals surface area (Å²) in [6.07, 6.45) is 0. The van der Waals surface area contributed by atoms with Gasteiger partial charge in [0.1, 0.15) is 13.3 Å². The molecule has 7 heavy (non-hydrogen) atoms. The van der Waals surface area contributed by atoms with Crippen LogP contribution >= 0.6 is 0 Å². The fourth-order valence-electron chi connectivity index (χ4n) is 0. The predicted molar refractivity (Wildman–Crippen MR) is 26.9 cm³/mol. The number of halogens is 2. The van der Waals surface area contributed by atoms with Gasteiger partial charge in [-0.15, -0.1) is 0 Å². The molecule has 0 aliphatic carbocycles. The number of nitrogens with one attached hydrogen (secondary N) is 1. The van der Waals surface area contributed by atoms with Crippen molar-refractivity contribution in [2.24, 2.45) is 0 Å². The van der Waals surface area contributed by atoms with Crippen molar-refractivity contribution in [2.75, 3.05) is 27.4 Å². The molecule has 46 valence electrons. The molecule has 0 saturated heterocycles. The molecular formula is C4H11F2N. The summed E-state index contributed by atoms with van der Waals surface area (Å²) in [6.45, 7) is -1.69.